The van der Waals surface area contributed by atoms with Crippen LogP contribution in [0.2, 0.25) is 5.02 Å². The zero-order chi connectivity index (χ0) is 22.2. The molecule has 3 aromatic carbocycles. The molecule has 0 spiro atoms. The van der Waals surface area contributed by atoms with Gasteiger partial charge in [-0.15, -0.1) is 0 Å². The topological polar surface area (TPSA) is 71.3 Å². The van der Waals surface area contributed by atoms with E-state index in [4.69, 9.17) is 21.1 Å². The molecule has 5 nitrogen and oxygen atoms in total. The van der Waals surface area contributed by atoms with Crippen LogP contribution in [0, 0.1) is 17.1 Å². The summed E-state index contributed by atoms with van der Waals surface area (Å²) in [6.07, 6.45) is 1.44. The largest absolute Gasteiger partial charge is 0.497 e. The van der Waals surface area contributed by atoms with Gasteiger partial charge in [-0.1, -0.05) is 23.7 Å². The molecule has 1 amide bonds. The van der Waals surface area contributed by atoms with E-state index in [1.807, 2.05) is 6.07 Å². The first-order valence-corrected chi connectivity index (χ1v) is 9.60. The van der Waals surface area contributed by atoms with Gasteiger partial charge in [0.25, 0.3) is 5.91 Å². The predicted molar refractivity (Wildman–Crippen MR) is 117 cm³/mol. The number of benzene rings is 3. The number of rotatable bonds is 7. The normalized spacial score (nSPS) is 10.8. The highest BCUT2D eigenvalue weighted by Gasteiger charge is 2.12. The van der Waals surface area contributed by atoms with Gasteiger partial charge in [0, 0.05) is 22.3 Å². The molecule has 31 heavy (non-hydrogen) atoms. The van der Waals surface area contributed by atoms with Crippen LogP contribution in [-0.2, 0) is 11.4 Å². The van der Waals surface area contributed by atoms with Gasteiger partial charge in [0.2, 0.25) is 0 Å². The molecule has 0 bridgehead atoms. The van der Waals surface area contributed by atoms with E-state index in [1.54, 1.807) is 54.6 Å². The molecule has 0 saturated carbocycles. The first kappa shape index (κ1) is 21.9. The second kappa shape index (κ2) is 10.3. The van der Waals surface area contributed by atoms with E-state index in [2.05, 4.69) is 5.32 Å². The van der Waals surface area contributed by atoms with Gasteiger partial charge in [-0.05, 0) is 60.2 Å². The zero-order valence-electron chi connectivity index (χ0n) is 16.6. The quantitative estimate of drug-likeness (QED) is 0.386. The Morgan fingerprint density at radius 3 is 2.48 bits per heavy atom. The van der Waals surface area contributed by atoms with Crippen molar-refractivity contribution in [1.29, 1.82) is 5.26 Å². The van der Waals surface area contributed by atoms with Gasteiger partial charge in [-0.2, -0.15) is 5.26 Å². The van der Waals surface area contributed by atoms with Crippen LogP contribution in [0.3, 0.4) is 0 Å². The van der Waals surface area contributed by atoms with Crippen molar-refractivity contribution >= 4 is 29.3 Å². The lowest BCUT2D eigenvalue weighted by Crippen LogP contribution is -2.13. The van der Waals surface area contributed by atoms with Crippen molar-refractivity contribution in [3.05, 3.63) is 94.3 Å². The third-order valence-electron chi connectivity index (χ3n) is 4.30. The van der Waals surface area contributed by atoms with Crippen molar-refractivity contribution in [2.24, 2.45) is 0 Å². The number of halogens is 2. The van der Waals surface area contributed by atoms with Crippen LogP contribution in [0.4, 0.5) is 10.1 Å². The Kier molecular flexibility index (Phi) is 7.26. The van der Waals surface area contributed by atoms with E-state index < -0.39 is 5.91 Å². The highest BCUT2D eigenvalue weighted by atomic mass is 35.5. The fraction of sp³-hybridized carbons (Fsp3) is 0.0833. The minimum atomic E-state index is -0.565. The van der Waals surface area contributed by atoms with Crippen molar-refractivity contribution in [3.8, 4) is 17.6 Å². The fourth-order valence-corrected chi connectivity index (χ4v) is 2.79. The highest BCUT2D eigenvalue weighted by Crippen LogP contribution is 2.28. The van der Waals surface area contributed by atoms with E-state index in [-0.39, 0.29) is 18.0 Å². The van der Waals surface area contributed by atoms with E-state index in [9.17, 15) is 14.4 Å². The molecule has 0 heterocycles. The Labute approximate surface area is 184 Å². The Balaban J connectivity index is 1.83. The number of hydrogen-bond donors (Lipinski definition) is 1. The van der Waals surface area contributed by atoms with Gasteiger partial charge in [-0.3, -0.25) is 4.79 Å². The van der Waals surface area contributed by atoms with Gasteiger partial charge < -0.3 is 14.8 Å². The SMILES string of the molecule is COc1ccc(/C=C(\C#N)C(=O)Nc2ccc(Cl)cc2)c(OCc2ccc(F)cc2)c1. The standard InChI is InChI=1S/C24H18ClFN2O3/c1-30-22-11-4-17(23(13-22)31-15-16-2-7-20(26)8-3-16)12-18(14-27)24(29)28-21-9-5-19(25)6-10-21/h2-13H,15H2,1H3,(H,28,29)/b18-12+. The lowest BCUT2D eigenvalue weighted by atomic mass is 10.1. The lowest BCUT2D eigenvalue weighted by Gasteiger charge is -2.12. The number of nitrogens with zero attached hydrogens (tertiary/aromatic N) is 1. The summed E-state index contributed by atoms with van der Waals surface area (Å²) in [5.74, 6) is 0.0651. The summed E-state index contributed by atoms with van der Waals surface area (Å²) in [5, 5.41) is 12.7. The molecule has 156 valence electrons. The van der Waals surface area contributed by atoms with Crippen LogP contribution >= 0.6 is 11.6 Å². The summed E-state index contributed by atoms with van der Waals surface area (Å²) in [5.41, 5.74) is 1.69. The van der Waals surface area contributed by atoms with Crippen LogP contribution in [0.5, 0.6) is 11.5 Å². The Bertz CT molecular complexity index is 1140. The summed E-state index contributed by atoms with van der Waals surface area (Å²) in [4.78, 5) is 12.5. The summed E-state index contributed by atoms with van der Waals surface area (Å²) < 4.78 is 24.2. The van der Waals surface area contributed by atoms with Crippen LogP contribution in [-0.4, -0.2) is 13.0 Å². The second-order valence-electron chi connectivity index (χ2n) is 6.45. The van der Waals surface area contributed by atoms with Gasteiger partial charge in [-0.25, -0.2) is 4.39 Å². The highest BCUT2D eigenvalue weighted by molar-refractivity contribution is 6.30. The monoisotopic (exact) mass is 436 g/mol. The number of ether oxygens (including phenoxy) is 2. The van der Waals surface area contributed by atoms with E-state index in [0.717, 1.165) is 5.56 Å². The molecule has 7 heteroatoms. The number of nitriles is 1. The molecule has 3 rings (SSSR count). The number of nitrogens with one attached hydrogen (secondary N) is 1. The minimum Gasteiger partial charge on any atom is -0.497 e. The average Bonchev–Trinajstić information content (AvgIpc) is 2.79. The molecular formula is C24H18ClFN2O3. The van der Waals surface area contributed by atoms with Crippen LogP contribution in [0.25, 0.3) is 6.08 Å². The second-order valence-corrected chi connectivity index (χ2v) is 6.89. The third-order valence-corrected chi connectivity index (χ3v) is 4.55. The maximum absolute atomic E-state index is 13.1. The molecule has 0 aliphatic rings. The van der Waals surface area contributed by atoms with E-state index in [1.165, 1.54) is 25.3 Å². The molecule has 0 aromatic heterocycles. The number of methoxy groups -OCH3 is 1. The van der Waals surface area contributed by atoms with Crippen LogP contribution in [0.15, 0.2) is 72.3 Å². The molecule has 1 N–H and O–H groups in total. The van der Waals surface area contributed by atoms with Gasteiger partial charge >= 0.3 is 0 Å². The number of anilines is 1. The molecular weight excluding hydrogens is 419 g/mol. The maximum Gasteiger partial charge on any atom is 0.266 e. The maximum atomic E-state index is 13.1. The summed E-state index contributed by atoms with van der Waals surface area (Å²) >= 11 is 5.85. The van der Waals surface area contributed by atoms with Crippen molar-refractivity contribution in [1.82, 2.24) is 0 Å². The van der Waals surface area contributed by atoms with E-state index >= 15 is 0 Å². The molecule has 0 atom stereocenters. The first-order chi connectivity index (χ1) is 15.0. The molecule has 0 unspecified atom stereocenters. The van der Waals surface area contributed by atoms with Gasteiger partial charge in [0.15, 0.2) is 0 Å². The smallest absolute Gasteiger partial charge is 0.266 e. The summed E-state index contributed by atoms with van der Waals surface area (Å²) in [6, 6.07) is 19.4. The fourth-order valence-electron chi connectivity index (χ4n) is 2.66. The molecule has 0 radical (unpaired) electrons. The van der Waals surface area contributed by atoms with Crippen molar-refractivity contribution in [3.63, 3.8) is 0 Å². The first-order valence-electron chi connectivity index (χ1n) is 9.22. The molecule has 3 aromatic rings. The number of hydrogen-bond acceptors (Lipinski definition) is 4. The Morgan fingerprint density at radius 2 is 1.84 bits per heavy atom. The predicted octanol–water partition coefficient (Wildman–Crippen LogP) is 5.61. The molecule has 0 aliphatic heterocycles. The van der Waals surface area contributed by atoms with Crippen molar-refractivity contribution in [2.75, 3.05) is 12.4 Å². The van der Waals surface area contributed by atoms with Crippen LogP contribution in [0.1, 0.15) is 11.1 Å². The summed E-state index contributed by atoms with van der Waals surface area (Å²) in [7, 11) is 1.52. The Morgan fingerprint density at radius 1 is 1.13 bits per heavy atom. The number of carbonyl (C=O) groups is 1. The molecule has 0 fully saturated rings. The lowest BCUT2D eigenvalue weighted by molar-refractivity contribution is -0.112. The molecule has 0 aliphatic carbocycles. The van der Waals surface area contributed by atoms with Crippen molar-refractivity contribution in [2.45, 2.75) is 6.61 Å². The van der Waals surface area contributed by atoms with Crippen LogP contribution < -0.4 is 14.8 Å². The van der Waals surface area contributed by atoms with E-state index in [0.29, 0.717) is 27.8 Å². The van der Waals surface area contributed by atoms with Gasteiger partial charge in [0.05, 0.1) is 7.11 Å². The number of carbonyl (C=O) groups excluding carboxylic acids is 1. The summed E-state index contributed by atoms with van der Waals surface area (Å²) in [6.45, 7) is 0.174. The van der Waals surface area contributed by atoms with Crippen molar-refractivity contribution < 1.29 is 18.7 Å². The third kappa shape index (κ3) is 6.08. The Hall–Kier alpha value is -3.82. The zero-order valence-corrected chi connectivity index (χ0v) is 17.3. The molecule has 0 saturated heterocycles. The minimum absolute atomic E-state index is 0.105. The number of amides is 1. The van der Waals surface area contributed by atoms with Gasteiger partial charge in [0.1, 0.15) is 35.6 Å². The average molecular weight is 437 g/mol.